The SMILES string of the molecule is CC1(C)[C@@]2(C(=O)N3CC[NH+](Cc4ccc5c(c4)OCO5)CC3)CC[C@]1(C)C(=O)C2. The lowest BCUT2D eigenvalue weighted by Crippen LogP contribution is -3.13. The van der Waals surface area contributed by atoms with Gasteiger partial charge in [0.15, 0.2) is 11.5 Å². The van der Waals surface area contributed by atoms with Gasteiger partial charge < -0.3 is 19.3 Å². The number of nitrogens with one attached hydrogen (secondary N) is 1. The zero-order valence-corrected chi connectivity index (χ0v) is 17.7. The maximum absolute atomic E-state index is 13.6. The molecule has 0 spiro atoms. The molecule has 2 saturated carbocycles. The van der Waals surface area contributed by atoms with Crippen LogP contribution in [0.2, 0.25) is 0 Å². The van der Waals surface area contributed by atoms with Crippen LogP contribution in [0, 0.1) is 16.2 Å². The molecular formula is C23H31N2O4+. The van der Waals surface area contributed by atoms with Crippen molar-refractivity contribution in [2.75, 3.05) is 33.0 Å². The van der Waals surface area contributed by atoms with E-state index < -0.39 is 5.41 Å². The highest BCUT2D eigenvalue weighted by molar-refractivity contribution is 5.99. The third-order valence-electron chi connectivity index (χ3n) is 8.76. The minimum absolute atomic E-state index is 0.221. The van der Waals surface area contributed by atoms with Gasteiger partial charge in [-0.2, -0.15) is 0 Å². The molecule has 29 heavy (non-hydrogen) atoms. The number of carbonyl (C=O) groups is 2. The summed E-state index contributed by atoms with van der Waals surface area (Å²) in [5, 5.41) is 0. The Morgan fingerprint density at radius 1 is 1.10 bits per heavy atom. The van der Waals surface area contributed by atoms with Gasteiger partial charge in [0, 0.05) is 17.4 Å². The molecule has 6 heteroatoms. The molecule has 0 unspecified atom stereocenters. The Morgan fingerprint density at radius 2 is 1.83 bits per heavy atom. The number of hydrogen-bond donors (Lipinski definition) is 1. The molecular weight excluding hydrogens is 368 g/mol. The lowest BCUT2D eigenvalue weighted by atomic mass is 9.64. The molecule has 4 aliphatic rings. The summed E-state index contributed by atoms with van der Waals surface area (Å²) < 4.78 is 10.9. The van der Waals surface area contributed by atoms with Gasteiger partial charge in [-0.3, -0.25) is 9.59 Å². The Hall–Kier alpha value is -2.08. The Balaban J connectivity index is 1.24. The molecule has 1 amide bonds. The lowest BCUT2D eigenvalue weighted by molar-refractivity contribution is -0.917. The van der Waals surface area contributed by atoms with Gasteiger partial charge in [-0.05, 0) is 36.5 Å². The highest BCUT2D eigenvalue weighted by atomic mass is 16.7. The topological polar surface area (TPSA) is 60.3 Å². The molecule has 1 N–H and O–H groups in total. The summed E-state index contributed by atoms with van der Waals surface area (Å²) in [5.41, 5.74) is 0.143. The summed E-state index contributed by atoms with van der Waals surface area (Å²) in [4.78, 5) is 29.8. The van der Waals surface area contributed by atoms with E-state index in [1.165, 1.54) is 10.5 Å². The molecule has 6 nitrogen and oxygen atoms in total. The Labute approximate surface area is 172 Å². The largest absolute Gasteiger partial charge is 0.454 e. The van der Waals surface area contributed by atoms with Crippen LogP contribution in [0.25, 0.3) is 0 Å². The Bertz CT molecular complexity index is 874. The summed E-state index contributed by atoms with van der Waals surface area (Å²) >= 11 is 0. The van der Waals surface area contributed by atoms with E-state index in [0.29, 0.717) is 13.2 Å². The average molecular weight is 400 g/mol. The van der Waals surface area contributed by atoms with Crippen molar-refractivity contribution in [3.8, 4) is 11.5 Å². The van der Waals surface area contributed by atoms with Gasteiger partial charge in [-0.1, -0.05) is 20.8 Å². The summed E-state index contributed by atoms with van der Waals surface area (Å²) in [7, 11) is 0. The van der Waals surface area contributed by atoms with Gasteiger partial charge in [-0.25, -0.2) is 0 Å². The van der Waals surface area contributed by atoms with Crippen LogP contribution in [0.1, 0.15) is 45.6 Å². The molecule has 1 aromatic carbocycles. The quantitative estimate of drug-likeness (QED) is 0.835. The zero-order valence-electron chi connectivity index (χ0n) is 17.7. The molecule has 2 aliphatic heterocycles. The molecule has 5 rings (SSSR count). The van der Waals surface area contributed by atoms with Crippen LogP contribution in [0.4, 0.5) is 0 Å². The van der Waals surface area contributed by atoms with Crippen molar-refractivity contribution in [2.45, 2.75) is 46.6 Å². The monoisotopic (exact) mass is 399 g/mol. The van der Waals surface area contributed by atoms with Crippen molar-refractivity contribution in [2.24, 2.45) is 16.2 Å². The van der Waals surface area contributed by atoms with Crippen molar-refractivity contribution in [1.82, 2.24) is 4.90 Å². The Kier molecular flexibility index (Phi) is 4.05. The fourth-order valence-corrected chi connectivity index (χ4v) is 6.18. The number of ether oxygens (including phenoxy) is 2. The molecule has 3 fully saturated rings. The molecule has 1 saturated heterocycles. The number of fused-ring (bicyclic) bond motifs is 3. The number of hydrogen-bond acceptors (Lipinski definition) is 4. The smallest absolute Gasteiger partial charge is 0.231 e. The third-order valence-corrected chi connectivity index (χ3v) is 8.76. The number of amides is 1. The fourth-order valence-electron chi connectivity index (χ4n) is 6.18. The number of rotatable bonds is 3. The number of quaternary nitrogens is 1. The van der Waals surface area contributed by atoms with Crippen LogP contribution in [0.15, 0.2) is 18.2 Å². The normalized spacial score (nSPS) is 32.8. The van der Waals surface area contributed by atoms with E-state index in [4.69, 9.17) is 9.47 Å². The van der Waals surface area contributed by atoms with Crippen LogP contribution in [0.3, 0.4) is 0 Å². The number of piperazine rings is 1. The number of nitrogens with zero attached hydrogens (tertiary/aromatic N) is 1. The summed E-state index contributed by atoms with van der Waals surface area (Å²) in [6.07, 6.45) is 2.13. The second kappa shape index (κ2) is 6.21. The standard InChI is InChI=1S/C23H30N2O4/c1-21(2)22(3)6-7-23(21,13-19(22)26)20(27)25-10-8-24(9-11-25)14-16-4-5-17-18(12-16)29-15-28-17/h4-5,12H,6-11,13-15H2,1-3H3/p+1/t22-,23+/m1/s1. The molecule has 0 radical (unpaired) electrons. The molecule has 0 aromatic heterocycles. The second-order valence-corrected chi connectivity index (χ2v) is 10.0. The number of benzene rings is 1. The van der Waals surface area contributed by atoms with E-state index >= 15 is 0 Å². The predicted molar refractivity (Wildman–Crippen MR) is 107 cm³/mol. The van der Waals surface area contributed by atoms with Gasteiger partial charge in [0.25, 0.3) is 0 Å². The molecule has 2 bridgehead atoms. The van der Waals surface area contributed by atoms with Crippen LogP contribution in [-0.2, 0) is 16.1 Å². The van der Waals surface area contributed by atoms with Crippen LogP contribution in [-0.4, -0.2) is 49.6 Å². The van der Waals surface area contributed by atoms with E-state index in [1.807, 2.05) is 11.0 Å². The number of Topliss-reactive ketones (excluding diaryl/α,β-unsaturated/α-hetero) is 1. The minimum atomic E-state index is -0.492. The number of ketones is 1. The maximum atomic E-state index is 13.6. The first-order chi connectivity index (χ1) is 13.8. The third kappa shape index (κ3) is 2.51. The predicted octanol–water partition coefficient (Wildman–Crippen LogP) is 1.43. The van der Waals surface area contributed by atoms with E-state index in [2.05, 4.69) is 32.9 Å². The van der Waals surface area contributed by atoms with Crippen molar-refractivity contribution in [3.63, 3.8) is 0 Å². The van der Waals surface area contributed by atoms with E-state index in [1.54, 1.807) is 0 Å². The first-order valence-electron chi connectivity index (χ1n) is 10.8. The van der Waals surface area contributed by atoms with Gasteiger partial charge in [0.05, 0.1) is 31.6 Å². The van der Waals surface area contributed by atoms with Crippen LogP contribution >= 0.6 is 0 Å². The minimum Gasteiger partial charge on any atom is -0.454 e. The molecule has 156 valence electrons. The van der Waals surface area contributed by atoms with Crippen molar-refractivity contribution in [1.29, 1.82) is 0 Å². The van der Waals surface area contributed by atoms with Crippen molar-refractivity contribution >= 4 is 11.7 Å². The van der Waals surface area contributed by atoms with Crippen LogP contribution in [0.5, 0.6) is 11.5 Å². The summed E-state index contributed by atoms with van der Waals surface area (Å²) in [6, 6.07) is 6.15. The summed E-state index contributed by atoms with van der Waals surface area (Å²) in [5.74, 6) is 2.15. The second-order valence-electron chi connectivity index (χ2n) is 10.0. The van der Waals surface area contributed by atoms with Gasteiger partial charge >= 0.3 is 0 Å². The molecule has 2 atom stereocenters. The highest BCUT2D eigenvalue weighted by Crippen LogP contribution is 2.71. The maximum Gasteiger partial charge on any atom is 0.231 e. The van der Waals surface area contributed by atoms with E-state index in [-0.39, 0.29) is 22.5 Å². The highest BCUT2D eigenvalue weighted by Gasteiger charge is 2.73. The first-order valence-corrected chi connectivity index (χ1v) is 10.8. The molecule has 2 aliphatic carbocycles. The van der Waals surface area contributed by atoms with Crippen molar-refractivity contribution in [3.05, 3.63) is 23.8 Å². The average Bonchev–Trinajstić information content (AvgIpc) is 3.29. The van der Waals surface area contributed by atoms with Gasteiger partial charge in [0.1, 0.15) is 12.3 Å². The van der Waals surface area contributed by atoms with E-state index in [9.17, 15) is 9.59 Å². The van der Waals surface area contributed by atoms with E-state index in [0.717, 1.165) is 57.1 Å². The van der Waals surface area contributed by atoms with Crippen molar-refractivity contribution < 1.29 is 24.0 Å². The number of carbonyl (C=O) groups excluding carboxylic acids is 2. The Morgan fingerprint density at radius 3 is 2.48 bits per heavy atom. The first kappa shape index (κ1) is 18.9. The summed E-state index contributed by atoms with van der Waals surface area (Å²) in [6.45, 7) is 11.0. The van der Waals surface area contributed by atoms with Crippen LogP contribution < -0.4 is 14.4 Å². The zero-order chi connectivity index (χ0) is 20.4. The molecule has 1 aromatic rings. The molecule has 2 heterocycles. The lowest BCUT2D eigenvalue weighted by Gasteiger charge is -2.43. The fraction of sp³-hybridized carbons (Fsp3) is 0.652. The van der Waals surface area contributed by atoms with Gasteiger partial charge in [-0.15, -0.1) is 0 Å². The van der Waals surface area contributed by atoms with Gasteiger partial charge in [0.2, 0.25) is 12.7 Å².